The van der Waals surface area contributed by atoms with Gasteiger partial charge in [0.1, 0.15) is 0 Å². The summed E-state index contributed by atoms with van der Waals surface area (Å²) >= 11 is 1.79. The summed E-state index contributed by atoms with van der Waals surface area (Å²) in [5.74, 6) is -1.07. The summed E-state index contributed by atoms with van der Waals surface area (Å²) in [6, 6.07) is 0. The molecular weight excluding hydrogens is 257 g/mol. The highest BCUT2D eigenvalue weighted by Gasteiger charge is 2.20. The van der Waals surface area contributed by atoms with Gasteiger partial charge in [0.05, 0.1) is 28.8 Å². The van der Waals surface area contributed by atoms with E-state index in [4.69, 9.17) is 5.11 Å². The molecule has 0 unspecified atom stereocenters. The lowest BCUT2D eigenvalue weighted by molar-refractivity contribution is -0.140. The second-order valence-corrected chi connectivity index (χ2v) is 3.05. The first-order valence-corrected chi connectivity index (χ1v) is 4.47. The molecule has 0 aromatic rings. The SMILES string of the molecule is CC[C@@H](C)[C@H](C=NI)C(=O)O. The lowest BCUT2D eigenvalue weighted by atomic mass is 9.93. The second-order valence-electron chi connectivity index (χ2n) is 2.50. The molecule has 11 heavy (non-hydrogen) atoms. The number of hydrogen-bond donors (Lipinski definition) is 1. The van der Waals surface area contributed by atoms with Crippen molar-refractivity contribution in [3.8, 4) is 0 Å². The van der Waals surface area contributed by atoms with Crippen molar-refractivity contribution < 1.29 is 9.90 Å². The zero-order valence-corrected chi connectivity index (χ0v) is 8.78. The predicted molar refractivity (Wildman–Crippen MR) is 53.1 cm³/mol. The maximum Gasteiger partial charge on any atom is 0.312 e. The number of carboxylic acids is 1. The van der Waals surface area contributed by atoms with Gasteiger partial charge in [-0.05, 0) is 5.92 Å². The molecule has 0 fully saturated rings. The van der Waals surface area contributed by atoms with Crippen LogP contribution in [0.25, 0.3) is 0 Å². The van der Waals surface area contributed by atoms with E-state index >= 15 is 0 Å². The van der Waals surface area contributed by atoms with Crippen molar-refractivity contribution in [2.45, 2.75) is 20.3 Å². The molecule has 2 atom stereocenters. The Labute approximate surface area is 80.4 Å². The van der Waals surface area contributed by atoms with Gasteiger partial charge >= 0.3 is 5.97 Å². The van der Waals surface area contributed by atoms with E-state index in [9.17, 15) is 4.79 Å². The van der Waals surface area contributed by atoms with Gasteiger partial charge in [0, 0.05) is 6.21 Å². The minimum absolute atomic E-state index is 0.158. The maximum absolute atomic E-state index is 10.6. The molecule has 0 amide bonds. The summed E-state index contributed by atoms with van der Waals surface area (Å²) in [6.45, 7) is 3.89. The number of aliphatic carboxylic acids is 1. The van der Waals surface area contributed by atoms with Crippen LogP contribution in [0.5, 0.6) is 0 Å². The Morgan fingerprint density at radius 1 is 1.82 bits per heavy atom. The summed E-state index contributed by atoms with van der Waals surface area (Å²) in [6.07, 6.45) is 2.34. The smallest absolute Gasteiger partial charge is 0.312 e. The Morgan fingerprint density at radius 2 is 2.36 bits per heavy atom. The fourth-order valence-electron chi connectivity index (χ4n) is 0.769. The van der Waals surface area contributed by atoms with Crippen molar-refractivity contribution in [1.29, 1.82) is 0 Å². The quantitative estimate of drug-likeness (QED) is 0.628. The fourth-order valence-corrected chi connectivity index (χ4v) is 1.12. The third kappa shape index (κ3) is 3.69. The van der Waals surface area contributed by atoms with Gasteiger partial charge in [-0.25, -0.2) is 3.21 Å². The Kier molecular flexibility index (Phi) is 5.45. The maximum atomic E-state index is 10.6. The molecule has 0 aliphatic rings. The molecular formula is C7H12INO2. The minimum atomic E-state index is -0.792. The number of halogens is 1. The highest BCUT2D eigenvalue weighted by Crippen LogP contribution is 2.13. The van der Waals surface area contributed by atoms with Crippen LogP contribution in [-0.4, -0.2) is 17.3 Å². The third-order valence-electron chi connectivity index (χ3n) is 1.76. The number of rotatable bonds is 4. The van der Waals surface area contributed by atoms with Crippen LogP contribution < -0.4 is 0 Å². The standard InChI is InChI=1S/C7H12INO2/c1-3-5(2)6(4-9-8)7(10)11/h4-6H,3H2,1-2H3,(H,10,11)/t5-,6+/m1/s1. The van der Waals surface area contributed by atoms with E-state index in [2.05, 4.69) is 3.21 Å². The van der Waals surface area contributed by atoms with Crippen LogP contribution in [0.3, 0.4) is 0 Å². The molecule has 0 aromatic heterocycles. The van der Waals surface area contributed by atoms with Crippen LogP contribution in [0.2, 0.25) is 0 Å². The minimum Gasteiger partial charge on any atom is -0.481 e. The van der Waals surface area contributed by atoms with Gasteiger partial charge in [0.2, 0.25) is 0 Å². The summed E-state index contributed by atoms with van der Waals surface area (Å²) in [4.78, 5) is 10.6. The van der Waals surface area contributed by atoms with E-state index in [1.54, 1.807) is 22.9 Å². The first-order valence-electron chi connectivity index (χ1n) is 3.50. The Morgan fingerprint density at radius 3 is 2.64 bits per heavy atom. The van der Waals surface area contributed by atoms with Gasteiger partial charge < -0.3 is 5.11 Å². The Bertz CT molecular complexity index is 159. The average molecular weight is 269 g/mol. The van der Waals surface area contributed by atoms with E-state index in [1.165, 1.54) is 6.21 Å². The van der Waals surface area contributed by atoms with Crippen LogP contribution in [0.4, 0.5) is 0 Å². The summed E-state index contributed by atoms with van der Waals surface area (Å²) in [5.41, 5.74) is 0. The average Bonchev–Trinajstić information content (AvgIpc) is 1.98. The first-order chi connectivity index (χ1) is 5.13. The monoisotopic (exact) mass is 269 g/mol. The van der Waals surface area contributed by atoms with Crippen LogP contribution in [0.15, 0.2) is 3.21 Å². The molecule has 1 N–H and O–H groups in total. The lowest BCUT2D eigenvalue weighted by Crippen LogP contribution is -2.22. The molecule has 0 saturated heterocycles. The van der Waals surface area contributed by atoms with E-state index in [1.807, 2.05) is 13.8 Å². The normalized spacial score (nSPS) is 16.6. The molecule has 0 spiro atoms. The van der Waals surface area contributed by atoms with Gasteiger partial charge in [-0.3, -0.25) is 4.79 Å². The molecule has 0 saturated carbocycles. The zero-order chi connectivity index (χ0) is 8.85. The number of hydrogen-bond acceptors (Lipinski definition) is 2. The van der Waals surface area contributed by atoms with E-state index in [0.717, 1.165) is 6.42 Å². The van der Waals surface area contributed by atoms with Gasteiger partial charge in [0.15, 0.2) is 0 Å². The van der Waals surface area contributed by atoms with Crippen molar-refractivity contribution in [1.82, 2.24) is 0 Å². The summed E-state index contributed by atoms with van der Waals surface area (Å²) in [7, 11) is 0. The molecule has 4 heteroatoms. The molecule has 0 heterocycles. The molecule has 0 aromatic carbocycles. The number of nitrogens with zero attached hydrogens (tertiary/aromatic N) is 1. The molecule has 64 valence electrons. The molecule has 0 aliphatic carbocycles. The molecule has 0 bridgehead atoms. The highest BCUT2D eigenvalue weighted by molar-refractivity contribution is 14.1. The van der Waals surface area contributed by atoms with Gasteiger partial charge in [-0.1, -0.05) is 20.3 Å². The van der Waals surface area contributed by atoms with Crippen LogP contribution >= 0.6 is 22.9 Å². The van der Waals surface area contributed by atoms with Crippen molar-refractivity contribution in [2.24, 2.45) is 15.0 Å². The first kappa shape index (κ1) is 10.9. The Hall–Kier alpha value is -0.130. The van der Waals surface area contributed by atoms with Gasteiger partial charge in [-0.2, -0.15) is 0 Å². The van der Waals surface area contributed by atoms with E-state index < -0.39 is 11.9 Å². The predicted octanol–water partition coefficient (Wildman–Crippen LogP) is 2.15. The van der Waals surface area contributed by atoms with Crippen LogP contribution in [-0.2, 0) is 4.79 Å². The van der Waals surface area contributed by atoms with Crippen molar-refractivity contribution in [2.75, 3.05) is 0 Å². The second kappa shape index (κ2) is 5.51. The van der Waals surface area contributed by atoms with Gasteiger partial charge in [0.25, 0.3) is 0 Å². The van der Waals surface area contributed by atoms with E-state index in [0.29, 0.717) is 0 Å². The molecule has 0 aliphatic heterocycles. The summed E-state index contributed by atoms with van der Waals surface area (Å²) in [5, 5.41) is 8.71. The van der Waals surface area contributed by atoms with Gasteiger partial charge in [-0.15, -0.1) is 0 Å². The Balaban J connectivity index is 4.21. The highest BCUT2D eigenvalue weighted by atomic mass is 127. The van der Waals surface area contributed by atoms with Crippen molar-refractivity contribution >= 4 is 35.0 Å². The number of carbonyl (C=O) groups is 1. The molecule has 0 rings (SSSR count). The third-order valence-corrected chi connectivity index (χ3v) is 2.08. The molecule has 3 nitrogen and oxygen atoms in total. The molecule has 0 radical (unpaired) electrons. The van der Waals surface area contributed by atoms with Crippen LogP contribution in [0, 0.1) is 11.8 Å². The summed E-state index contributed by atoms with van der Waals surface area (Å²) < 4.78 is 3.69. The fraction of sp³-hybridized carbons (Fsp3) is 0.714. The largest absolute Gasteiger partial charge is 0.481 e. The topological polar surface area (TPSA) is 49.7 Å². The van der Waals surface area contributed by atoms with Crippen LogP contribution in [0.1, 0.15) is 20.3 Å². The van der Waals surface area contributed by atoms with E-state index in [-0.39, 0.29) is 5.92 Å². The van der Waals surface area contributed by atoms with Crippen molar-refractivity contribution in [3.63, 3.8) is 0 Å². The zero-order valence-electron chi connectivity index (χ0n) is 6.62. The van der Waals surface area contributed by atoms with Crippen molar-refractivity contribution in [3.05, 3.63) is 0 Å². The number of carboxylic acid groups (broad SMARTS) is 1. The lowest BCUT2D eigenvalue weighted by Gasteiger charge is -2.12.